The standard InChI is InChI=1S/C17H17Cl2FN2O2S/c18-16(19)17(24)22-14(9-20)15(23)12-3-1-10(2-4-12)11-5-7-13(25-21)8-6-11/h1-8,14-16,23H,9,21H2,(H,22,24). The van der Waals surface area contributed by atoms with E-state index in [1.54, 1.807) is 12.1 Å². The molecule has 0 saturated carbocycles. The van der Waals surface area contributed by atoms with E-state index in [2.05, 4.69) is 5.32 Å². The lowest BCUT2D eigenvalue weighted by atomic mass is 9.99. The maximum absolute atomic E-state index is 13.2. The van der Waals surface area contributed by atoms with E-state index in [4.69, 9.17) is 28.3 Å². The molecular weight excluding hydrogens is 386 g/mol. The third-order valence-corrected chi connectivity index (χ3v) is 4.59. The molecule has 4 nitrogen and oxygen atoms in total. The highest BCUT2D eigenvalue weighted by Gasteiger charge is 2.25. The Kier molecular flexibility index (Phi) is 7.53. The number of alkyl halides is 3. The minimum atomic E-state index is -1.32. The first-order valence-corrected chi connectivity index (χ1v) is 9.11. The van der Waals surface area contributed by atoms with Gasteiger partial charge < -0.3 is 10.4 Å². The Hall–Kier alpha value is -1.31. The van der Waals surface area contributed by atoms with E-state index >= 15 is 0 Å². The lowest BCUT2D eigenvalue weighted by Gasteiger charge is -2.22. The largest absolute Gasteiger partial charge is 0.386 e. The molecule has 1 amide bonds. The van der Waals surface area contributed by atoms with Crippen LogP contribution in [0.1, 0.15) is 11.7 Å². The molecule has 4 N–H and O–H groups in total. The Bertz CT molecular complexity index is 699. The lowest BCUT2D eigenvalue weighted by molar-refractivity contribution is -0.121. The van der Waals surface area contributed by atoms with Gasteiger partial charge in [0.15, 0.2) is 4.84 Å². The van der Waals surface area contributed by atoms with Gasteiger partial charge in [-0.3, -0.25) is 9.93 Å². The molecule has 0 radical (unpaired) electrons. The van der Waals surface area contributed by atoms with Gasteiger partial charge in [-0.05, 0) is 40.8 Å². The summed E-state index contributed by atoms with van der Waals surface area (Å²) >= 11 is 12.0. The molecule has 0 bridgehead atoms. The Morgan fingerprint density at radius 2 is 1.64 bits per heavy atom. The normalized spacial score (nSPS) is 13.5. The van der Waals surface area contributed by atoms with Crippen LogP contribution in [0.2, 0.25) is 0 Å². The molecule has 0 aliphatic rings. The van der Waals surface area contributed by atoms with Crippen molar-refractivity contribution < 1.29 is 14.3 Å². The maximum Gasteiger partial charge on any atom is 0.253 e. The van der Waals surface area contributed by atoms with Gasteiger partial charge in [-0.15, -0.1) is 0 Å². The van der Waals surface area contributed by atoms with Crippen LogP contribution in [0.5, 0.6) is 0 Å². The van der Waals surface area contributed by atoms with Crippen LogP contribution in [-0.4, -0.2) is 28.6 Å². The topological polar surface area (TPSA) is 75.3 Å². The second-order valence-electron chi connectivity index (χ2n) is 5.28. The first kappa shape index (κ1) is 20.0. The molecule has 0 heterocycles. The molecule has 8 heteroatoms. The molecule has 0 aliphatic heterocycles. The zero-order valence-electron chi connectivity index (χ0n) is 13.0. The molecule has 134 valence electrons. The average Bonchev–Trinajstić information content (AvgIpc) is 2.65. The molecule has 2 atom stereocenters. The Morgan fingerprint density at radius 1 is 1.12 bits per heavy atom. The van der Waals surface area contributed by atoms with Crippen molar-refractivity contribution >= 4 is 41.1 Å². The molecule has 2 unspecified atom stereocenters. The summed E-state index contributed by atoms with van der Waals surface area (Å²) in [5.74, 6) is -0.750. The Labute approximate surface area is 159 Å². The number of rotatable bonds is 7. The fourth-order valence-corrected chi connectivity index (χ4v) is 2.70. The summed E-state index contributed by atoms with van der Waals surface area (Å²) in [6, 6.07) is 13.5. The zero-order chi connectivity index (χ0) is 18.4. The van der Waals surface area contributed by atoms with Gasteiger partial charge >= 0.3 is 0 Å². The van der Waals surface area contributed by atoms with E-state index in [0.29, 0.717) is 5.56 Å². The van der Waals surface area contributed by atoms with Gasteiger partial charge in [0.2, 0.25) is 0 Å². The monoisotopic (exact) mass is 402 g/mol. The summed E-state index contributed by atoms with van der Waals surface area (Å²) < 4.78 is 13.2. The van der Waals surface area contributed by atoms with Gasteiger partial charge in [-0.1, -0.05) is 59.6 Å². The van der Waals surface area contributed by atoms with E-state index in [-0.39, 0.29) is 0 Å². The van der Waals surface area contributed by atoms with Crippen LogP contribution < -0.4 is 10.5 Å². The van der Waals surface area contributed by atoms with Crippen LogP contribution in [0.3, 0.4) is 0 Å². The molecule has 0 spiro atoms. The first-order chi connectivity index (χ1) is 12.0. The van der Waals surface area contributed by atoms with Crippen LogP contribution in [0.4, 0.5) is 4.39 Å². The van der Waals surface area contributed by atoms with Crippen LogP contribution in [0.15, 0.2) is 53.4 Å². The number of aliphatic hydroxyl groups is 1. The zero-order valence-corrected chi connectivity index (χ0v) is 15.4. The molecule has 2 aromatic carbocycles. The number of amides is 1. The maximum atomic E-state index is 13.2. The number of carbonyl (C=O) groups excluding carboxylic acids is 1. The Morgan fingerprint density at radius 3 is 2.08 bits per heavy atom. The average molecular weight is 403 g/mol. The molecule has 0 aliphatic carbocycles. The molecule has 0 saturated heterocycles. The second-order valence-corrected chi connectivity index (χ2v) is 7.08. The van der Waals surface area contributed by atoms with Crippen LogP contribution in [0, 0.1) is 0 Å². The Balaban J connectivity index is 2.12. The van der Waals surface area contributed by atoms with Crippen molar-refractivity contribution in [3.63, 3.8) is 0 Å². The molecule has 2 rings (SSSR count). The predicted octanol–water partition coefficient (Wildman–Crippen LogP) is 3.61. The van der Waals surface area contributed by atoms with E-state index < -0.39 is 29.6 Å². The third-order valence-electron chi connectivity index (χ3n) is 3.65. The van der Waals surface area contributed by atoms with E-state index in [1.807, 2.05) is 36.4 Å². The van der Waals surface area contributed by atoms with E-state index in [0.717, 1.165) is 16.0 Å². The van der Waals surface area contributed by atoms with Crippen LogP contribution in [0.25, 0.3) is 11.1 Å². The van der Waals surface area contributed by atoms with Gasteiger partial charge in [0.1, 0.15) is 12.8 Å². The van der Waals surface area contributed by atoms with Gasteiger partial charge in [-0.25, -0.2) is 4.39 Å². The molecule has 0 fully saturated rings. The SMILES string of the molecule is NSc1ccc(-c2ccc(C(O)C(CF)NC(=O)C(Cl)Cl)cc2)cc1. The summed E-state index contributed by atoms with van der Waals surface area (Å²) in [6.07, 6.45) is -1.22. The van der Waals surface area contributed by atoms with Crippen molar-refractivity contribution in [2.24, 2.45) is 5.14 Å². The van der Waals surface area contributed by atoms with Crippen molar-refractivity contribution in [1.29, 1.82) is 0 Å². The smallest absolute Gasteiger partial charge is 0.253 e. The highest BCUT2D eigenvalue weighted by Crippen LogP contribution is 2.25. The van der Waals surface area contributed by atoms with Gasteiger partial charge in [0, 0.05) is 4.90 Å². The van der Waals surface area contributed by atoms with Crippen molar-refractivity contribution in [1.82, 2.24) is 5.32 Å². The molecule has 25 heavy (non-hydrogen) atoms. The fourth-order valence-electron chi connectivity index (χ4n) is 2.28. The minimum Gasteiger partial charge on any atom is -0.386 e. The minimum absolute atomic E-state index is 0.474. The van der Waals surface area contributed by atoms with Crippen LogP contribution in [-0.2, 0) is 4.79 Å². The fraction of sp³-hybridized carbons (Fsp3) is 0.235. The predicted molar refractivity (Wildman–Crippen MR) is 100 cm³/mol. The number of carbonyl (C=O) groups is 1. The molecule has 2 aromatic rings. The second kappa shape index (κ2) is 9.40. The van der Waals surface area contributed by atoms with Crippen LogP contribution >= 0.6 is 35.1 Å². The summed E-state index contributed by atoms with van der Waals surface area (Å²) in [7, 11) is 0. The lowest BCUT2D eigenvalue weighted by Crippen LogP contribution is -2.43. The number of nitrogens with two attached hydrogens (primary N) is 1. The number of aliphatic hydroxyl groups excluding tert-OH is 1. The summed E-state index contributed by atoms with van der Waals surface area (Å²) in [5, 5.41) is 18.1. The first-order valence-electron chi connectivity index (χ1n) is 7.36. The van der Waals surface area contributed by atoms with Crippen molar-refractivity contribution in [2.45, 2.75) is 21.9 Å². The van der Waals surface area contributed by atoms with Crippen molar-refractivity contribution in [3.05, 3.63) is 54.1 Å². The van der Waals surface area contributed by atoms with E-state index in [1.165, 1.54) is 11.9 Å². The van der Waals surface area contributed by atoms with E-state index in [9.17, 15) is 14.3 Å². The van der Waals surface area contributed by atoms with Gasteiger partial charge in [-0.2, -0.15) is 0 Å². The summed E-state index contributed by atoms with van der Waals surface area (Å²) in [6.45, 7) is -0.951. The molecular formula is C17H17Cl2FN2O2S. The van der Waals surface area contributed by atoms with Crippen molar-refractivity contribution in [3.8, 4) is 11.1 Å². The summed E-state index contributed by atoms with van der Waals surface area (Å²) in [5.41, 5.74) is 2.40. The number of benzene rings is 2. The number of hydrogen-bond acceptors (Lipinski definition) is 4. The van der Waals surface area contributed by atoms with Crippen molar-refractivity contribution in [2.75, 3.05) is 6.67 Å². The number of halogens is 3. The summed E-state index contributed by atoms with van der Waals surface area (Å²) in [4.78, 5) is 11.1. The third kappa shape index (κ3) is 5.33. The van der Waals surface area contributed by atoms with Gasteiger partial charge in [0.25, 0.3) is 5.91 Å². The highest BCUT2D eigenvalue weighted by atomic mass is 35.5. The number of hydrogen-bond donors (Lipinski definition) is 3. The highest BCUT2D eigenvalue weighted by molar-refractivity contribution is 7.97. The quantitative estimate of drug-likeness (QED) is 0.488. The number of nitrogens with one attached hydrogen (secondary N) is 1. The molecule has 0 aromatic heterocycles. The van der Waals surface area contributed by atoms with Gasteiger partial charge in [0.05, 0.1) is 6.04 Å².